The van der Waals surface area contributed by atoms with E-state index in [1.54, 1.807) is 18.6 Å². The van der Waals surface area contributed by atoms with Crippen LogP contribution in [0.4, 0.5) is 0 Å². The molecule has 0 aromatic carbocycles. The summed E-state index contributed by atoms with van der Waals surface area (Å²) in [6.45, 7) is 17.5. The largest absolute Gasteiger partial charge is 0.272 e. The summed E-state index contributed by atoms with van der Waals surface area (Å²) in [7, 11) is -1.08. The lowest BCUT2D eigenvalue weighted by atomic mass is 10.1. The second-order valence-corrected chi connectivity index (χ2v) is 12.7. The SMILES string of the molecule is C=N/C=C\c1c(/C=C\N=C)c(C)p(-p2c(C)c(/C=C\N=C)c3ccncc32)c1C. The number of hydrogen-bond donors (Lipinski definition) is 0. The molecule has 1 unspecified atom stereocenters. The van der Waals surface area contributed by atoms with E-state index in [0.29, 0.717) is 0 Å². The maximum Gasteiger partial charge on any atom is 0.0392 e. The first kappa shape index (κ1) is 20.9. The quantitative estimate of drug-likeness (QED) is 0.367. The number of rotatable bonds is 7. The van der Waals surface area contributed by atoms with E-state index in [2.05, 4.69) is 73.0 Å². The highest BCUT2D eigenvalue weighted by molar-refractivity contribution is 8.24. The Kier molecular flexibility index (Phi) is 6.59. The molecule has 3 heterocycles. The van der Waals surface area contributed by atoms with Gasteiger partial charge in [-0.1, -0.05) is 14.4 Å². The second-order valence-electron chi connectivity index (χ2n) is 6.51. The molecule has 0 radical (unpaired) electrons. The van der Waals surface area contributed by atoms with E-state index >= 15 is 0 Å². The highest BCUT2D eigenvalue weighted by Gasteiger charge is 2.22. The van der Waals surface area contributed by atoms with Crippen LogP contribution in [0.2, 0.25) is 0 Å². The van der Waals surface area contributed by atoms with Gasteiger partial charge in [-0.25, -0.2) is 0 Å². The molecule has 146 valence electrons. The van der Waals surface area contributed by atoms with E-state index < -0.39 is 14.4 Å². The topological polar surface area (TPSA) is 50.0 Å². The van der Waals surface area contributed by atoms with Crippen LogP contribution in [0.5, 0.6) is 0 Å². The number of pyridine rings is 1. The zero-order valence-corrected chi connectivity index (χ0v) is 18.8. The molecule has 29 heavy (non-hydrogen) atoms. The molecule has 0 aliphatic carbocycles. The Balaban J connectivity index is 2.42. The molecule has 3 aromatic heterocycles. The van der Waals surface area contributed by atoms with Crippen LogP contribution in [0, 0.1) is 20.8 Å². The summed E-state index contributed by atoms with van der Waals surface area (Å²) in [4.78, 5) is 16.2. The van der Waals surface area contributed by atoms with Crippen molar-refractivity contribution in [3.63, 3.8) is 0 Å². The molecule has 4 nitrogen and oxygen atoms in total. The van der Waals surface area contributed by atoms with Crippen molar-refractivity contribution in [3.05, 3.63) is 69.6 Å². The molecule has 3 rings (SSSR count). The predicted octanol–water partition coefficient (Wildman–Crippen LogP) is 7.46. The van der Waals surface area contributed by atoms with Crippen LogP contribution in [0.25, 0.3) is 28.7 Å². The smallest absolute Gasteiger partial charge is 0.0392 e. The summed E-state index contributed by atoms with van der Waals surface area (Å²) in [5, 5.41) is 6.80. The molecule has 3 aromatic rings. The lowest BCUT2D eigenvalue weighted by molar-refractivity contribution is 1.37. The van der Waals surface area contributed by atoms with E-state index in [1.165, 1.54) is 43.1 Å². The Labute approximate surface area is 173 Å². The van der Waals surface area contributed by atoms with Gasteiger partial charge in [0.05, 0.1) is 0 Å². The summed E-state index contributed by atoms with van der Waals surface area (Å²) < 4.78 is 0. The summed E-state index contributed by atoms with van der Waals surface area (Å²) >= 11 is 0. The van der Waals surface area contributed by atoms with Crippen molar-refractivity contribution in [1.82, 2.24) is 4.98 Å². The van der Waals surface area contributed by atoms with Gasteiger partial charge in [0.2, 0.25) is 0 Å². The number of aromatic nitrogens is 1. The van der Waals surface area contributed by atoms with E-state index in [0.717, 1.165) is 0 Å². The van der Waals surface area contributed by atoms with Crippen LogP contribution in [0.1, 0.15) is 32.6 Å². The predicted molar refractivity (Wildman–Crippen MR) is 134 cm³/mol. The Morgan fingerprint density at radius 2 is 1.24 bits per heavy atom. The maximum absolute atomic E-state index is 4.45. The standard InChI is InChI=1S/C23H24N4P2/c1-16-19(7-11-24-4)20(8-12-25-5)17(2)28(16)29-18(3)21(9-13-26-6)22-10-14-27-15-23(22)29/h7-15H,4-6H2,1-3H3/b11-7-,12-8-,13-9-. The minimum absolute atomic E-state index is 0.529. The normalized spacial score (nSPS) is 12.6. The Morgan fingerprint density at radius 1 is 0.759 bits per heavy atom. The van der Waals surface area contributed by atoms with Crippen molar-refractivity contribution in [2.75, 3.05) is 0 Å². The molecule has 0 saturated heterocycles. The van der Waals surface area contributed by atoms with E-state index in [1.807, 2.05) is 24.5 Å². The van der Waals surface area contributed by atoms with Gasteiger partial charge < -0.3 is 0 Å². The maximum atomic E-state index is 4.45. The minimum atomic E-state index is -0.548. The lowest BCUT2D eigenvalue weighted by Gasteiger charge is -2.08. The average molecular weight is 418 g/mol. The number of hydrogen-bond acceptors (Lipinski definition) is 4. The molecular weight excluding hydrogens is 394 g/mol. The first-order chi connectivity index (χ1) is 14.1. The Hall–Kier alpha value is -2.80. The third-order valence-corrected chi connectivity index (χ3v) is 13.4. The fraction of sp³-hybridized carbons (Fsp3) is 0.130. The monoisotopic (exact) mass is 418 g/mol. The fourth-order valence-electron chi connectivity index (χ4n) is 3.71. The molecular formula is C23H24N4P2. The van der Waals surface area contributed by atoms with Crippen LogP contribution >= 0.6 is 14.4 Å². The van der Waals surface area contributed by atoms with Gasteiger partial charge in [0.1, 0.15) is 0 Å². The Morgan fingerprint density at radius 3 is 1.76 bits per heavy atom. The molecule has 0 aliphatic rings. The number of fused-ring (bicyclic) bond motifs is 1. The summed E-state index contributed by atoms with van der Waals surface area (Å²) in [6.07, 6.45) is 15.3. The summed E-state index contributed by atoms with van der Waals surface area (Å²) in [5.41, 5.74) is 3.66. The average Bonchev–Trinajstić information content (AvgIpc) is 3.12. The minimum Gasteiger partial charge on any atom is -0.272 e. The molecule has 0 spiro atoms. The van der Waals surface area contributed by atoms with Gasteiger partial charge in [0.25, 0.3) is 0 Å². The van der Waals surface area contributed by atoms with E-state index in [9.17, 15) is 0 Å². The van der Waals surface area contributed by atoms with Crippen molar-refractivity contribution >= 4 is 63.3 Å². The number of nitrogens with zero attached hydrogens (tertiary/aromatic N) is 4. The van der Waals surface area contributed by atoms with Crippen LogP contribution in [-0.4, -0.2) is 25.1 Å². The fourth-order valence-corrected chi connectivity index (χ4v) is 12.4. The van der Waals surface area contributed by atoms with Gasteiger partial charge in [-0.05, 0) is 103 Å². The van der Waals surface area contributed by atoms with Crippen molar-refractivity contribution in [2.24, 2.45) is 15.0 Å². The first-order valence-electron chi connectivity index (χ1n) is 9.11. The van der Waals surface area contributed by atoms with Crippen molar-refractivity contribution < 1.29 is 0 Å². The van der Waals surface area contributed by atoms with Gasteiger partial charge in [-0.3, -0.25) is 20.0 Å². The molecule has 0 aliphatic heterocycles. The van der Waals surface area contributed by atoms with Gasteiger partial charge in [-0.15, -0.1) is 0 Å². The van der Waals surface area contributed by atoms with Crippen molar-refractivity contribution in [3.8, 4) is 0 Å². The zero-order chi connectivity index (χ0) is 21.0. The van der Waals surface area contributed by atoms with Gasteiger partial charge >= 0.3 is 0 Å². The van der Waals surface area contributed by atoms with Crippen LogP contribution < -0.4 is 0 Å². The molecule has 0 fully saturated rings. The zero-order valence-electron chi connectivity index (χ0n) is 17.0. The molecule has 0 bridgehead atoms. The summed E-state index contributed by atoms with van der Waals surface area (Å²) in [5.74, 6) is 0. The van der Waals surface area contributed by atoms with Gasteiger partial charge in [0, 0.05) is 36.1 Å². The first-order valence-corrected chi connectivity index (χ1v) is 12.5. The third kappa shape index (κ3) is 3.74. The summed E-state index contributed by atoms with van der Waals surface area (Å²) in [6, 6.07) is 2.11. The Bertz CT molecular complexity index is 1150. The van der Waals surface area contributed by atoms with Gasteiger partial charge in [-0.2, -0.15) is 0 Å². The molecule has 6 heteroatoms. The lowest BCUT2D eigenvalue weighted by Crippen LogP contribution is -1.77. The van der Waals surface area contributed by atoms with Crippen LogP contribution in [0.3, 0.4) is 0 Å². The number of aliphatic imine (C=N–C) groups is 3. The highest BCUT2D eigenvalue weighted by Crippen LogP contribution is 2.69. The molecule has 0 amide bonds. The second kappa shape index (κ2) is 9.13. The van der Waals surface area contributed by atoms with E-state index in [-0.39, 0.29) is 0 Å². The van der Waals surface area contributed by atoms with Gasteiger partial charge in [0.15, 0.2) is 0 Å². The van der Waals surface area contributed by atoms with Crippen LogP contribution in [0.15, 0.2) is 52.0 Å². The molecule has 1 atom stereocenters. The molecule has 0 N–H and O–H groups in total. The van der Waals surface area contributed by atoms with Crippen molar-refractivity contribution in [1.29, 1.82) is 0 Å². The van der Waals surface area contributed by atoms with Crippen LogP contribution in [-0.2, 0) is 0 Å². The third-order valence-electron chi connectivity index (χ3n) is 4.97. The van der Waals surface area contributed by atoms with E-state index in [4.69, 9.17) is 0 Å². The van der Waals surface area contributed by atoms with Crippen molar-refractivity contribution in [2.45, 2.75) is 20.8 Å². The highest BCUT2D eigenvalue weighted by atomic mass is 32.0. The molecule has 0 saturated carbocycles.